The first-order chi connectivity index (χ1) is 10.1. The van der Waals surface area contributed by atoms with Crippen LogP contribution in [0, 0.1) is 18.6 Å². The third-order valence-electron chi connectivity index (χ3n) is 3.48. The van der Waals surface area contributed by atoms with E-state index in [9.17, 15) is 22.0 Å². The Kier molecular flexibility index (Phi) is 4.27. The van der Waals surface area contributed by atoms with Crippen LogP contribution in [-0.4, -0.2) is 0 Å². The van der Waals surface area contributed by atoms with Gasteiger partial charge >= 0.3 is 6.18 Å². The largest absolute Gasteiger partial charge is 0.416 e. The maximum atomic E-state index is 14.2. The lowest BCUT2D eigenvalue weighted by atomic mass is 9.91. The highest BCUT2D eigenvalue weighted by molar-refractivity contribution is 5.67. The Labute approximate surface area is 125 Å². The van der Waals surface area contributed by atoms with Gasteiger partial charge in [0.25, 0.3) is 0 Å². The van der Waals surface area contributed by atoms with Gasteiger partial charge in [-0.2, -0.15) is 13.2 Å². The zero-order valence-electron chi connectivity index (χ0n) is 12.4. The van der Waals surface area contributed by atoms with Crippen molar-refractivity contribution in [3.8, 4) is 11.1 Å². The molecule has 22 heavy (non-hydrogen) atoms. The zero-order valence-corrected chi connectivity index (χ0v) is 12.4. The maximum Gasteiger partial charge on any atom is 0.416 e. The summed E-state index contributed by atoms with van der Waals surface area (Å²) in [5.41, 5.74) is -0.561. The summed E-state index contributed by atoms with van der Waals surface area (Å²) in [6.07, 6.45) is -4.65. The van der Waals surface area contributed by atoms with E-state index >= 15 is 0 Å². The molecule has 0 amide bonds. The molecule has 0 aromatic heterocycles. The summed E-state index contributed by atoms with van der Waals surface area (Å²) in [4.78, 5) is 0. The van der Waals surface area contributed by atoms with Crippen LogP contribution in [0.25, 0.3) is 11.1 Å². The fraction of sp³-hybridized carbons (Fsp3) is 0.294. The second-order valence-corrected chi connectivity index (χ2v) is 5.56. The van der Waals surface area contributed by atoms with Crippen molar-refractivity contribution < 1.29 is 22.0 Å². The Morgan fingerprint density at radius 1 is 0.864 bits per heavy atom. The summed E-state index contributed by atoms with van der Waals surface area (Å²) in [5, 5.41) is 0. The average molecular weight is 314 g/mol. The highest BCUT2D eigenvalue weighted by atomic mass is 19.4. The van der Waals surface area contributed by atoms with E-state index in [1.807, 2.05) is 0 Å². The van der Waals surface area contributed by atoms with E-state index in [4.69, 9.17) is 0 Å². The van der Waals surface area contributed by atoms with Crippen molar-refractivity contribution in [2.75, 3.05) is 0 Å². The summed E-state index contributed by atoms with van der Waals surface area (Å²) in [7, 11) is 0. The van der Waals surface area contributed by atoms with Crippen LogP contribution in [0.15, 0.2) is 30.3 Å². The van der Waals surface area contributed by atoms with Gasteiger partial charge in [0.1, 0.15) is 11.6 Å². The summed E-state index contributed by atoms with van der Waals surface area (Å²) >= 11 is 0. The molecule has 2 aromatic carbocycles. The molecular formula is C17H15F5. The molecule has 2 aromatic rings. The van der Waals surface area contributed by atoms with Crippen molar-refractivity contribution in [3.05, 3.63) is 58.7 Å². The molecular weight excluding hydrogens is 299 g/mol. The molecule has 0 N–H and O–H groups in total. The number of benzene rings is 2. The highest BCUT2D eigenvalue weighted by Gasteiger charge is 2.35. The fourth-order valence-corrected chi connectivity index (χ4v) is 2.37. The summed E-state index contributed by atoms with van der Waals surface area (Å²) in [6, 6.07) is 5.67. The molecule has 118 valence electrons. The van der Waals surface area contributed by atoms with E-state index in [-0.39, 0.29) is 16.7 Å². The minimum Gasteiger partial charge on any atom is -0.206 e. The number of hydrogen-bond donors (Lipinski definition) is 0. The van der Waals surface area contributed by atoms with Crippen LogP contribution in [0.4, 0.5) is 22.0 Å². The molecule has 0 aliphatic carbocycles. The van der Waals surface area contributed by atoms with Gasteiger partial charge in [-0.1, -0.05) is 25.5 Å². The van der Waals surface area contributed by atoms with Crippen molar-refractivity contribution in [1.29, 1.82) is 0 Å². The van der Waals surface area contributed by atoms with Gasteiger partial charge in [-0.3, -0.25) is 0 Å². The van der Waals surface area contributed by atoms with Crippen LogP contribution in [0.3, 0.4) is 0 Å². The Balaban J connectivity index is 2.74. The number of halogens is 5. The predicted octanol–water partition coefficient (Wildman–Crippen LogP) is 6.08. The zero-order chi connectivity index (χ0) is 16.7. The quantitative estimate of drug-likeness (QED) is 0.589. The minimum absolute atomic E-state index is 0.0341. The molecule has 5 heteroatoms. The Morgan fingerprint density at radius 3 is 2.00 bits per heavy atom. The van der Waals surface area contributed by atoms with Crippen LogP contribution in [-0.2, 0) is 6.18 Å². The third-order valence-corrected chi connectivity index (χ3v) is 3.48. The smallest absolute Gasteiger partial charge is 0.206 e. The lowest BCUT2D eigenvalue weighted by Gasteiger charge is -2.18. The molecule has 0 heterocycles. The monoisotopic (exact) mass is 314 g/mol. The number of hydrogen-bond acceptors (Lipinski definition) is 0. The molecule has 0 unspecified atom stereocenters. The van der Waals surface area contributed by atoms with Gasteiger partial charge in [0.2, 0.25) is 0 Å². The van der Waals surface area contributed by atoms with Gasteiger partial charge < -0.3 is 0 Å². The first-order valence-corrected chi connectivity index (χ1v) is 6.78. The Morgan fingerprint density at radius 2 is 1.45 bits per heavy atom. The van der Waals surface area contributed by atoms with Crippen molar-refractivity contribution in [2.45, 2.75) is 32.9 Å². The van der Waals surface area contributed by atoms with Crippen LogP contribution in [0.1, 0.15) is 36.5 Å². The fourth-order valence-electron chi connectivity index (χ4n) is 2.37. The van der Waals surface area contributed by atoms with E-state index in [2.05, 4.69) is 0 Å². The molecule has 0 aliphatic rings. The van der Waals surface area contributed by atoms with E-state index < -0.39 is 29.3 Å². The molecule has 0 atom stereocenters. The van der Waals surface area contributed by atoms with Crippen molar-refractivity contribution in [1.82, 2.24) is 0 Å². The molecule has 0 spiro atoms. The second-order valence-electron chi connectivity index (χ2n) is 5.56. The second kappa shape index (κ2) is 5.71. The van der Waals surface area contributed by atoms with Gasteiger partial charge in [-0.15, -0.1) is 0 Å². The molecule has 2 rings (SSSR count). The summed E-state index contributed by atoms with van der Waals surface area (Å²) in [6.45, 7) is 4.87. The predicted molar refractivity (Wildman–Crippen MR) is 75.6 cm³/mol. The minimum atomic E-state index is -4.65. The maximum absolute atomic E-state index is 14.2. The third kappa shape index (κ3) is 3.13. The summed E-state index contributed by atoms with van der Waals surface area (Å²) in [5.74, 6) is -2.22. The molecule has 0 aliphatic heterocycles. The lowest BCUT2D eigenvalue weighted by molar-refractivity contribution is -0.138. The molecule has 0 saturated heterocycles. The van der Waals surface area contributed by atoms with E-state index in [1.54, 1.807) is 20.8 Å². The number of rotatable bonds is 2. The number of aryl methyl sites for hydroxylation is 1. The topological polar surface area (TPSA) is 0 Å². The van der Waals surface area contributed by atoms with Crippen LogP contribution < -0.4 is 0 Å². The van der Waals surface area contributed by atoms with Crippen LogP contribution >= 0.6 is 0 Å². The van der Waals surface area contributed by atoms with Crippen LogP contribution in [0.5, 0.6) is 0 Å². The average Bonchev–Trinajstić information content (AvgIpc) is 2.40. The molecule has 0 nitrogen and oxygen atoms in total. The van der Waals surface area contributed by atoms with Crippen molar-refractivity contribution in [2.24, 2.45) is 0 Å². The first kappa shape index (κ1) is 16.5. The van der Waals surface area contributed by atoms with Crippen molar-refractivity contribution >= 4 is 0 Å². The normalized spacial score (nSPS) is 12.0. The van der Waals surface area contributed by atoms with Gasteiger partial charge in [-0.05, 0) is 42.7 Å². The summed E-state index contributed by atoms with van der Waals surface area (Å²) < 4.78 is 67.1. The molecule has 0 fully saturated rings. The van der Waals surface area contributed by atoms with E-state index in [0.717, 1.165) is 6.07 Å². The number of alkyl halides is 3. The highest BCUT2D eigenvalue weighted by Crippen LogP contribution is 2.39. The standard InChI is InChI=1S/C17H15F5/c1-9(2)11-7-13(12-6-10(3)4-5-15(12)18)16(19)8-14(11)17(20,21)22/h4-9H,1-3H3. The van der Waals surface area contributed by atoms with E-state index in [0.29, 0.717) is 11.6 Å². The SMILES string of the molecule is Cc1ccc(F)c(-c2cc(C(C)C)c(C(F)(F)F)cc2F)c1. The van der Waals surface area contributed by atoms with Gasteiger partial charge in [-0.25, -0.2) is 8.78 Å². The van der Waals surface area contributed by atoms with Gasteiger partial charge in [0.05, 0.1) is 5.56 Å². The first-order valence-electron chi connectivity index (χ1n) is 6.78. The Hall–Kier alpha value is -1.91. The van der Waals surface area contributed by atoms with Gasteiger partial charge in [0, 0.05) is 11.1 Å². The Bertz CT molecular complexity index is 699. The van der Waals surface area contributed by atoms with E-state index in [1.165, 1.54) is 18.2 Å². The lowest BCUT2D eigenvalue weighted by Crippen LogP contribution is -2.11. The molecule has 0 bridgehead atoms. The van der Waals surface area contributed by atoms with Crippen molar-refractivity contribution in [3.63, 3.8) is 0 Å². The van der Waals surface area contributed by atoms with Crippen LogP contribution in [0.2, 0.25) is 0 Å². The molecule has 0 radical (unpaired) electrons. The molecule has 0 saturated carbocycles. The van der Waals surface area contributed by atoms with Gasteiger partial charge in [0.15, 0.2) is 0 Å².